The van der Waals surface area contributed by atoms with Gasteiger partial charge in [-0.2, -0.15) is 0 Å². The van der Waals surface area contributed by atoms with Crippen molar-refractivity contribution in [3.8, 4) is 0 Å². The Hall–Kier alpha value is -1.36. The number of carbonyl (C=O) groups is 2. The highest BCUT2D eigenvalue weighted by atomic mass is 79.9. The average Bonchev–Trinajstić information content (AvgIpc) is 2.26. The zero-order valence-electron chi connectivity index (χ0n) is 8.94. The lowest BCUT2D eigenvalue weighted by molar-refractivity contribution is -0.143. The second kappa shape index (κ2) is 5.65. The molecule has 0 saturated carbocycles. The van der Waals surface area contributed by atoms with Crippen LogP contribution in [0.5, 0.6) is 0 Å². The third-order valence-corrected chi connectivity index (χ3v) is 2.74. The highest BCUT2D eigenvalue weighted by molar-refractivity contribution is 9.10. The molecule has 0 spiro atoms. The Morgan fingerprint density at radius 3 is 2.38 bits per heavy atom. The van der Waals surface area contributed by atoms with Gasteiger partial charge in [-0.3, -0.25) is 9.59 Å². The van der Waals surface area contributed by atoms with Crippen molar-refractivity contribution in [1.82, 2.24) is 4.90 Å². The molecule has 4 nitrogen and oxygen atoms in total. The van der Waals surface area contributed by atoms with E-state index in [2.05, 4.69) is 15.9 Å². The number of hydrogen-bond acceptors (Lipinski definition) is 2. The van der Waals surface area contributed by atoms with Gasteiger partial charge in [0.2, 0.25) is 0 Å². The highest BCUT2D eigenvalue weighted by Crippen LogP contribution is 2.11. The maximum Gasteiger partial charge on any atom is 0.311 e. The Labute approximate surface area is 103 Å². The van der Waals surface area contributed by atoms with Gasteiger partial charge in [-0.05, 0) is 24.1 Å². The fraction of sp³-hybridized carbons (Fsp3) is 0.273. The molecule has 86 valence electrons. The minimum Gasteiger partial charge on any atom is -0.361 e. The second-order valence-electron chi connectivity index (χ2n) is 3.47. The van der Waals surface area contributed by atoms with Gasteiger partial charge in [-0.15, -0.1) is 0 Å². The Balaban J connectivity index is 2.48. The van der Waals surface area contributed by atoms with Crippen molar-refractivity contribution in [2.45, 2.75) is 6.42 Å². The Morgan fingerprint density at radius 2 is 1.88 bits per heavy atom. The van der Waals surface area contributed by atoms with Crippen LogP contribution in [-0.4, -0.2) is 30.3 Å². The molecule has 2 N–H and O–H groups in total. The summed E-state index contributed by atoms with van der Waals surface area (Å²) in [6, 6.07) is 7.80. The molecule has 0 fully saturated rings. The summed E-state index contributed by atoms with van der Waals surface area (Å²) in [4.78, 5) is 23.1. The molecule has 0 aliphatic heterocycles. The lowest BCUT2D eigenvalue weighted by Gasteiger charge is -2.14. The number of carbonyl (C=O) groups excluding carboxylic acids is 2. The molecule has 0 atom stereocenters. The predicted molar refractivity (Wildman–Crippen MR) is 64.7 cm³/mol. The Bertz CT molecular complexity index is 389. The van der Waals surface area contributed by atoms with Crippen molar-refractivity contribution in [3.63, 3.8) is 0 Å². The summed E-state index contributed by atoms with van der Waals surface area (Å²) in [6.07, 6.45) is 0.697. The number of hydrogen-bond donors (Lipinski definition) is 1. The van der Waals surface area contributed by atoms with Crippen LogP contribution in [-0.2, 0) is 16.0 Å². The van der Waals surface area contributed by atoms with Crippen LogP contribution in [0.4, 0.5) is 0 Å². The average molecular weight is 285 g/mol. The first-order chi connectivity index (χ1) is 7.50. The minimum atomic E-state index is -0.918. The molecular weight excluding hydrogens is 272 g/mol. The molecule has 0 aliphatic carbocycles. The molecule has 1 aromatic rings. The van der Waals surface area contributed by atoms with E-state index in [-0.39, 0.29) is 0 Å². The largest absolute Gasteiger partial charge is 0.361 e. The third kappa shape index (κ3) is 3.66. The van der Waals surface area contributed by atoms with E-state index in [1.165, 1.54) is 4.90 Å². The number of nitrogens with two attached hydrogens (primary N) is 1. The molecule has 5 heteroatoms. The fourth-order valence-corrected chi connectivity index (χ4v) is 1.50. The van der Waals surface area contributed by atoms with Gasteiger partial charge >= 0.3 is 11.8 Å². The molecule has 1 aromatic carbocycles. The molecule has 1 rings (SSSR count). The third-order valence-electron chi connectivity index (χ3n) is 2.21. The number of primary amides is 1. The molecule has 0 radical (unpaired) electrons. The van der Waals surface area contributed by atoms with Gasteiger partial charge in [0.15, 0.2) is 0 Å². The molecule has 0 saturated heterocycles. The van der Waals surface area contributed by atoms with Crippen LogP contribution in [0.25, 0.3) is 0 Å². The number of nitrogens with zero attached hydrogens (tertiary/aromatic N) is 1. The van der Waals surface area contributed by atoms with Crippen LogP contribution in [0.3, 0.4) is 0 Å². The van der Waals surface area contributed by atoms with Crippen LogP contribution in [0.15, 0.2) is 28.7 Å². The van der Waals surface area contributed by atoms with Crippen molar-refractivity contribution in [2.75, 3.05) is 13.6 Å². The first kappa shape index (κ1) is 12.7. The van der Waals surface area contributed by atoms with Crippen LogP contribution in [0.1, 0.15) is 5.56 Å². The first-order valence-electron chi connectivity index (χ1n) is 4.80. The van der Waals surface area contributed by atoms with Gasteiger partial charge < -0.3 is 10.6 Å². The predicted octanol–water partition coefficient (Wildman–Crippen LogP) is 0.935. The van der Waals surface area contributed by atoms with Gasteiger partial charge in [0.1, 0.15) is 0 Å². The fourth-order valence-electron chi connectivity index (χ4n) is 1.24. The van der Waals surface area contributed by atoms with E-state index in [1.807, 2.05) is 24.3 Å². The van der Waals surface area contributed by atoms with Gasteiger partial charge in [-0.1, -0.05) is 28.1 Å². The summed E-state index contributed by atoms with van der Waals surface area (Å²) in [7, 11) is 1.56. The molecule has 0 aromatic heterocycles. The summed E-state index contributed by atoms with van der Waals surface area (Å²) in [5.41, 5.74) is 5.99. The van der Waals surface area contributed by atoms with Gasteiger partial charge in [0, 0.05) is 18.1 Å². The lowest BCUT2D eigenvalue weighted by Crippen LogP contribution is -2.38. The molecular formula is C11H13BrN2O2. The summed E-state index contributed by atoms with van der Waals surface area (Å²) >= 11 is 3.34. The normalized spacial score (nSPS) is 9.88. The molecule has 0 aliphatic rings. The van der Waals surface area contributed by atoms with Gasteiger partial charge in [0.05, 0.1) is 0 Å². The zero-order chi connectivity index (χ0) is 12.1. The molecule has 0 bridgehead atoms. The summed E-state index contributed by atoms with van der Waals surface area (Å²) in [5, 5.41) is 0. The smallest absolute Gasteiger partial charge is 0.311 e. The lowest BCUT2D eigenvalue weighted by atomic mass is 10.1. The number of halogens is 1. The van der Waals surface area contributed by atoms with E-state index >= 15 is 0 Å². The van der Waals surface area contributed by atoms with E-state index in [1.54, 1.807) is 7.05 Å². The number of likely N-dealkylation sites (N-methyl/N-ethyl adjacent to an activating group) is 1. The molecule has 0 unspecified atom stereocenters. The van der Waals surface area contributed by atoms with E-state index in [4.69, 9.17) is 5.73 Å². The van der Waals surface area contributed by atoms with E-state index in [0.717, 1.165) is 10.0 Å². The topological polar surface area (TPSA) is 63.4 Å². The maximum atomic E-state index is 11.2. The second-order valence-corrected chi connectivity index (χ2v) is 4.38. The van der Waals surface area contributed by atoms with Crippen molar-refractivity contribution in [3.05, 3.63) is 34.3 Å². The summed E-state index contributed by atoms with van der Waals surface area (Å²) < 4.78 is 1.01. The van der Waals surface area contributed by atoms with E-state index in [0.29, 0.717) is 13.0 Å². The summed E-state index contributed by atoms with van der Waals surface area (Å²) in [6.45, 7) is 0.476. The van der Waals surface area contributed by atoms with E-state index < -0.39 is 11.8 Å². The number of amides is 2. The van der Waals surface area contributed by atoms with Crippen LogP contribution in [0, 0.1) is 0 Å². The standard InChI is InChI=1S/C11H13BrN2O2/c1-14(11(16)10(13)15)7-6-8-2-4-9(12)5-3-8/h2-5H,6-7H2,1H3,(H2,13,15). The van der Waals surface area contributed by atoms with Crippen molar-refractivity contribution >= 4 is 27.7 Å². The summed E-state index contributed by atoms with van der Waals surface area (Å²) in [5.74, 6) is -1.57. The quantitative estimate of drug-likeness (QED) is 0.840. The Morgan fingerprint density at radius 1 is 1.31 bits per heavy atom. The first-order valence-corrected chi connectivity index (χ1v) is 5.59. The molecule has 0 heterocycles. The monoisotopic (exact) mass is 284 g/mol. The van der Waals surface area contributed by atoms with Crippen LogP contribution in [0.2, 0.25) is 0 Å². The highest BCUT2D eigenvalue weighted by Gasteiger charge is 2.13. The van der Waals surface area contributed by atoms with Crippen molar-refractivity contribution in [1.29, 1.82) is 0 Å². The Kier molecular flexibility index (Phi) is 4.49. The molecule has 16 heavy (non-hydrogen) atoms. The van der Waals surface area contributed by atoms with Gasteiger partial charge in [-0.25, -0.2) is 0 Å². The van der Waals surface area contributed by atoms with E-state index in [9.17, 15) is 9.59 Å². The number of rotatable bonds is 3. The van der Waals surface area contributed by atoms with Crippen molar-refractivity contribution < 1.29 is 9.59 Å². The van der Waals surface area contributed by atoms with Crippen LogP contribution >= 0.6 is 15.9 Å². The minimum absolute atomic E-state index is 0.476. The molecule has 2 amide bonds. The van der Waals surface area contributed by atoms with Crippen LogP contribution < -0.4 is 5.73 Å². The number of benzene rings is 1. The van der Waals surface area contributed by atoms with Crippen molar-refractivity contribution in [2.24, 2.45) is 5.73 Å². The SMILES string of the molecule is CN(CCc1ccc(Br)cc1)C(=O)C(N)=O. The zero-order valence-corrected chi connectivity index (χ0v) is 10.5. The maximum absolute atomic E-state index is 11.2. The van der Waals surface area contributed by atoms with Gasteiger partial charge in [0.25, 0.3) is 0 Å².